The van der Waals surface area contributed by atoms with Gasteiger partial charge in [-0.25, -0.2) is 0 Å². The maximum Gasteiger partial charge on any atom is 0.325 e. The summed E-state index contributed by atoms with van der Waals surface area (Å²) in [4.78, 5) is 25.6. The van der Waals surface area contributed by atoms with Gasteiger partial charge in [-0.2, -0.15) is 0 Å². The summed E-state index contributed by atoms with van der Waals surface area (Å²) in [5.74, 6) is -0.104. The van der Waals surface area contributed by atoms with Crippen molar-refractivity contribution in [2.45, 2.75) is 6.61 Å². The normalized spacial score (nSPS) is 15.3. The second-order valence-corrected chi connectivity index (χ2v) is 7.37. The van der Waals surface area contributed by atoms with Gasteiger partial charge >= 0.3 is 5.97 Å². The smallest absolute Gasteiger partial charge is 0.325 e. The van der Waals surface area contributed by atoms with Crippen LogP contribution in [0.3, 0.4) is 0 Å². The molecule has 0 saturated carbocycles. The zero-order chi connectivity index (χ0) is 19.2. The van der Waals surface area contributed by atoms with Crippen molar-refractivity contribution in [3.8, 4) is 5.75 Å². The van der Waals surface area contributed by atoms with Gasteiger partial charge in [0.15, 0.2) is 0 Å². The monoisotopic (exact) mass is 399 g/mol. The van der Waals surface area contributed by atoms with Crippen LogP contribution in [0.1, 0.15) is 11.1 Å². The lowest BCUT2D eigenvalue weighted by Gasteiger charge is -2.11. The second-order valence-electron chi connectivity index (χ2n) is 5.69. The molecule has 1 fully saturated rings. The van der Waals surface area contributed by atoms with E-state index in [0.717, 1.165) is 11.1 Å². The molecular weight excluding hydrogens is 382 g/mol. The third-order valence-corrected chi connectivity index (χ3v) is 5.17. The molecule has 27 heavy (non-hydrogen) atoms. The van der Waals surface area contributed by atoms with Crippen molar-refractivity contribution in [2.75, 3.05) is 13.7 Å². The van der Waals surface area contributed by atoms with E-state index in [4.69, 9.17) is 17.0 Å². The minimum Gasteiger partial charge on any atom is -0.489 e. The molecular formula is C20H17NO4S2. The Kier molecular flexibility index (Phi) is 6.26. The van der Waals surface area contributed by atoms with Crippen LogP contribution in [0.4, 0.5) is 0 Å². The number of carbonyl (C=O) groups excluding carboxylic acids is 2. The Hall–Kier alpha value is -2.64. The van der Waals surface area contributed by atoms with Crippen LogP contribution in [0.25, 0.3) is 6.08 Å². The van der Waals surface area contributed by atoms with Gasteiger partial charge in [0.1, 0.15) is 23.2 Å². The highest BCUT2D eigenvalue weighted by Gasteiger charge is 2.33. The van der Waals surface area contributed by atoms with E-state index >= 15 is 0 Å². The number of hydrogen-bond donors (Lipinski definition) is 0. The average Bonchev–Trinajstić information content (AvgIpc) is 2.94. The highest BCUT2D eigenvalue weighted by Crippen LogP contribution is 2.32. The van der Waals surface area contributed by atoms with Crippen LogP contribution >= 0.6 is 24.0 Å². The number of nitrogens with zero attached hydrogens (tertiary/aromatic N) is 1. The summed E-state index contributed by atoms with van der Waals surface area (Å²) >= 11 is 6.36. The van der Waals surface area contributed by atoms with E-state index in [-0.39, 0.29) is 12.5 Å². The zero-order valence-corrected chi connectivity index (χ0v) is 16.2. The molecule has 7 heteroatoms. The lowest BCUT2D eigenvalue weighted by molar-refractivity contribution is -0.143. The maximum absolute atomic E-state index is 12.5. The molecule has 0 N–H and O–H groups in total. The Morgan fingerprint density at radius 3 is 2.70 bits per heavy atom. The van der Waals surface area contributed by atoms with Crippen LogP contribution in [0.2, 0.25) is 0 Å². The van der Waals surface area contributed by atoms with E-state index in [9.17, 15) is 9.59 Å². The van der Waals surface area contributed by atoms with E-state index in [1.807, 2.05) is 54.6 Å². The molecule has 1 saturated heterocycles. The minimum atomic E-state index is -0.510. The Balaban J connectivity index is 1.70. The van der Waals surface area contributed by atoms with Gasteiger partial charge in [0.2, 0.25) is 0 Å². The fourth-order valence-electron chi connectivity index (χ4n) is 2.42. The van der Waals surface area contributed by atoms with Crippen molar-refractivity contribution in [3.63, 3.8) is 0 Å². The van der Waals surface area contributed by atoms with Crippen molar-refractivity contribution in [1.82, 2.24) is 4.90 Å². The minimum absolute atomic E-state index is 0.182. The van der Waals surface area contributed by atoms with Gasteiger partial charge < -0.3 is 9.47 Å². The number of methoxy groups -OCH3 is 1. The van der Waals surface area contributed by atoms with E-state index in [2.05, 4.69) is 4.74 Å². The first kappa shape index (κ1) is 19.1. The molecule has 138 valence electrons. The van der Waals surface area contributed by atoms with Gasteiger partial charge in [-0.1, -0.05) is 66.4 Å². The molecule has 1 amide bonds. The van der Waals surface area contributed by atoms with Crippen molar-refractivity contribution in [2.24, 2.45) is 0 Å². The summed E-state index contributed by atoms with van der Waals surface area (Å²) in [6, 6.07) is 17.3. The average molecular weight is 399 g/mol. The quantitative estimate of drug-likeness (QED) is 0.420. The molecule has 0 spiro atoms. The van der Waals surface area contributed by atoms with E-state index in [1.165, 1.54) is 23.8 Å². The van der Waals surface area contributed by atoms with Gasteiger partial charge in [0.25, 0.3) is 5.91 Å². The molecule has 0 aromatic heterocycles. The number of benzene rings is 2. The summed E-state index contributed by atoms with van der Waals surface area (Å²) in [6.07, 6.45) is 1.74. The highest BCUT2D eigenvalue weighted by atomic mass is 32.2. The van der Waals surface area contributed by atoms with Crippen molar-refractivity contribution in [1.29, 1.82) is 0 Å². The number of thioether (sulfide) groups is 1. The number of rotatable bonds is 6. The van der Waals surface area contributed by atoms with Gasteiger partial charge in [0.05, 0.1) is 12.0 Å². The zero-order valence-electron chi connectivity index (χ0n) is 14.6. The molecule has 0 bridgehead atoms. The number of carbonyl (C=O) groups is 2. The number of thiocarbonyl (C=S) groups is 1. The number of ether oxygens (including phenoxy) is 2. The molecule has 0 aliphatic carbocycles. The molecule has 5 nitrogen and oxygen atoms in total. The van der Waals surface area contributed by atoms with Crippen LogP contribution in [0.5, 0.6) is 5.75 Å². The fourth-order valence-corrected chi connectivity index (χ4v) is 3.67. The Bertz CT molecular complexity index is 896. The van der Waals surface area contributed by atoms with E-state index in [0.29, 0.717) is 21.6 Å². The van der Waals surface area contributed by atoms with Gasteiger partial charge in [0, 0.05) is 0 Å². The highest BCUT2D eigenvalue weighted by molar-refractivity contribution is 8.26. The van der Waals surface area contributed by atoms with Crippen LogP contribution < -0.4 is 4.74 Å². The van der Waals surface area contributed by atoms with Gasteiger partial charge in [-0.3, -0.25) is 14.5 Å². The molecule has 1 aliphatic rings. The molecule has 0 atom stereocenters. The first-order chi connectivity index (χ1) is 13.1. The maximum atomic E-state index is 12.5. The lowest BCUT2D eigenvalue weighted by Crippen LogP contribution is -2.33. The third kappa shape index (κ3) is 4.96. The van der Waals surface area contributed by atoms with Crippen LogP contribution in [-0.4, -0.2) is 34.8 Å². The predicted octanol–water partition coefficient (Wildman–Crippen LogP) is 3.64. The molecule has 2 aromatic rings. The number of hydrogen-bond acceptors (Lipinski definition) is 6. The fraction of sp³-hybridized carbons (Fsp3) is 0.150. The van der Waals surface area contributed by atoms with Crippen LogP contribution in [-0.2, 0) is 20.9 Å². The van der Waals surface area contributed by atoms with E-state index in [1.54, 1.807) is 6.08 Å². The van der Waals surface area contributed by atoms with Gasteiger partial charge in [-0.15, -0.1) is 0 Å². The first-order valence-corrected chi connectivity index (χ1v) is 9.38. The Labute approximate surface area is 167 Å². The predicted molar refractivity (Wildman–Crippen MR) is 109 cm³/mol. The van der Waals surface area contributed by atoms with Crippen LogP contribution in [0.15, 0.2) is 59.5 Å². The van der Waals surface area contributed by atoms with Crippen molar-refractivity contribution in [3.05, 3.63) is 70.6 Å². The topological polar surface area (TPSA) is 55.8 Å². The summed E-state index contributed by atoms with van der Waals surface area (Å²) in [7, 11) is 1.27. The summed E-state index contributed by atoms with van der Waals surface area (Å²) < 4.78 is 10.8. The van der Waals surface area contributed by atoms with Crippen LogP contribution in [0, 0.1) is 0 Å². The third-order valence-electron chi connectivity index (χ3n) is 3.79. The van der Waals surface area contributed by atoms with Crippen molar-refractivity contribution >= 4 is 46.3 Å². The lowest BCUT2D eigenvalue weighted by atomic mass is 10.2. The summed E-state index contributed by atoms with van der Waals surface area (Å²) in [5.41, 5.74) is 1.89. The second kappa shape index (κ2) is 8.83. The molecule has 0 radical (unpaired) electrons. The molecule has 0 unspecified atom stereocenters. The molecule has 3 rings (SSSR count). The van der Waals surface area contributed by atoms with Gasteiger partial charge in [-0.05, 0) is 29.3 Å². The first-order valence-electron chi connectivity index (χ1n) is 8.16. The molecule has 1 aliphatic heterocycles. The number of amides is 1. The molecule has 1 heterocycles. The Morgan fingerprint density at radius 1 is 1.19 bits per heavy atom. The molecule has 2 aromatic carbocycles. The standard InChI is InChI=1S/C20H17NO4S2/c1-24-18(22)12-21-19(23)17(27-20(21)26)11-15-8-5-9-16(10-15)25-13-14-6-3-2-4-7-14/h2-11H,12-13H2,1H3/b17-11-. The summed E-state index contributed by atoms with van der Waals surface area (Å²) in [6.45, 7) is 0.282. The van der Waals surface area contributed by atoms with Crippen molar-refractivity contribution < 1.29 is 19.1 Å². The van der Waals surface area contributed by atoms with E-state index < -0.39 is 5.97 Å². The SMILES string of the molecule is COC(=O)CN1C(=O)/C(=C/c2cccc(OCc3ccccc3)c2)SC1=S. The number of esters is 1. The summed E-state index contributed by atoms with van der Waals surface area (Å²) in [5, 5.41) is 0. The largest absolute Gasteiger partial charge is 0.489 e. The Morgan fingerprint density at radius 2 is 1.96 bits per heavy atom.